The van der Waals surface area contributed by atoms with Crippen molar-refractivity contribution in [2.45, 2.75) is 26.3 Å². The van der Waals surface area contributed by atoms with Crippen LogP contribution in [-0.2, 0) is 0 Å². The van der Waals surface area contributed by atoms with E-state index in [0.717, 1.165) is 41.7 Å². The third-order valence-corrected chi connectivity index (χ3v) is 4.33. The number of piperidine rings is 1. The van der Waals surface area contributed by atoms with Gasteiger partial charge in [0.1, 0.15) is 0 Å². The molecule has 1 aromatic heterocycles. The fourth-order valence-electron chi connectivity index (χ4n) is 3.00. The van der Waals surface area contributed by atoms with Crippen molar-refractivity contribution < 1.29 is 4.79 Å². The zero-order chi connectivity index (χ0) is 15.0. The minimum Gasteiger partial charge on any atom is -0.338 e. The smallest absolute Gasteiger partial charge is 0.254 e. The standard InChI is InChI=1S/C17H21N3O/c1-11-10-20(8-7-15(11)18)17(21)14-9-12(2)19-16-6-4-3-5-13(14)16/h3-6,9,11,15H,7-8,10,18H2,1-2H3. The molecule has 2 aromatic rings. The molecule has 1 fully saturated rings. The van der Waals surface area contributed by atoms with Gasteiger partial charge in [0, 0.05) is 30.2 Å². The number of rotatable bonds is 1. The van der Waals surface area contributed by atoms with Gasteiger partial charge in [0.2, 0.25) is 0 Å². The van der Waals surface area contributed by atoms with Gasteiger partial charge in [-0.3, -0.25) is 9.78 Å². The number of carbonyl (C=O) groups is 1. The SMILES string of the molecule is Cc1cc(C(=O)N2CCC(N)C(C)C2)c2ccccc2n1. The lowest BCUT2D eigenvalue weighted by Gasteiger charge is -2.35. The second-order valence-electron chi connectivity index (χ2n) is 6.01. The molecule has 1 amide bonds. The van der Waals surface area contributed by atoms with E-state index in [9.17, 15) is 4.79 Å². The molecule has 2 atom stereocenters. The van der Waals surface area contributed by atoms with Crippen LogP contribution in [-0.4, -0.2) is 34.9 Å². The van der Waals surface area contributed by atoms with E-state index in [0.29, 0.717) is 5.92 Å². The molecule has 4 heteroatoms. The summed E-state index contributed by atoms with van der Waals surface area (Å²) in [5.74, 6) is 0.437. The van der Waals surface area contributed by atoms with E-state index in [1.165, 1.54) is 0 Å². The van der Waals surface area contributed by atoms with Crippen molar-refractivity contribution in [3.05, 3.63) is 41.6 Å². The van der Waals surface area contributed by atoms with Crippen molar-refractivity contribution in [1.29, 1.82) is 0 Å². The average molecular weight is 283 g/mol. The molecule has 1 aliphatic rings. The van der Waals surface area contributed by atoms with Crippen molar-refractivity contribution in [3.8, 4) is 0 Å². The van der Waals surface area contributed by atoms with Crippen LogP contribution in [0.4, 0.5) is 0 Å². The number of para-hydroxylation sites is 1. The summed E-state index contributed by atoms with van der Waals surface area (Å²) in [5.41, 5.74) is 8.55. The van der Waals surface area contributed by atoms with Gasteiger partial charge in [0.15, 0.2) is 0 Å². The molecule has 0 spiro atoms. The number of hydrogen-bond acceptors (Lipinski definition) is 3. The topological polar surface area (TPSA) is 59.2 Å². The monoisotopic (exact) mass is 283 g/mol. The van der Waals surface area contributed by atoms with Crippen molar-refractivity contribution >= 4 is 16.8 Å². The Balaban J connectivity index is 1.98. The number of hydrogen-bond donors (Lipinski definition) is 1. The molecule has 0 bridgehead atoms. The van der Waals surface area contributed by atoms with Gasteiger partial charge < -0.3 is 10.6 Å². The molecule has 1 aromatic carbocycles. The van der Waals surface area contributed by atoms with E-state index in [1.807, 2.05) is 42.2 Å². The third kappa shape index (κ3) is 2.63. The van der Waals surface area contributed by atoms with Crippen LogP contribution in [0.3, 0.4) is 0 Å². The molecule has 21 heavy (non-hydrogen) atoms. The Bertz CT molecular complexity index is 683. The van der Waals surface area contributed by atoms with Gasteiger partial charge >= 0.3 is 0 Å². The average Bonchev–Trinajstić information content (AvgIpc) is 2.48. The molecule has 0 radical (unpaired) electrons. The fraction of sp³-hybridized carbons (Fsp3) is 0.412. The van der Waals surface area contributed by atoms with Crippen molar-refractivity contribution in [2.75, 3.05) is 13.1 Å². The van der Waals surface area contributed by atoms with Crippen LogP contribution in [0.1, 0.15) is 29.4 Å². The first kappa shape index (κ1) is 14.0. The zero-order valence-corrected chi connectivity index (χ0v) is 12.5. The first-order valence-electron chi connectivity index (χ1n) is 7.47. The lowest BCUT2D eigenvalue weighted by atomic mass is 9.94. The van der Waals surface area contributed by atoms with Gasteiger partial charge in [-0.1, -0.05) is 25.1 Å². The Kier molecular flexibility index (Phi) is 3.64. The molecule has 2 heterocycles. The highest BCUT2D eigenvalue weighted by atomic mass is 16.2. The maximum Gasteiger partial charge on any atom is 0.254 e. The maximum absolute atomic E-state index is 12.9. The van der Waals surface area contributed by atoms with E-state index < -0.39 is 0 Å². The molecule has 2 N–H and O–H groups in total. The van der Waals surface area contributed by atoms with E-state index in [-0.39, 0.29) is 11.9 Å². The number of aryl methyl sites for hydroxylation is 1. The van der Waals surface area contributed by atoms with Gasteiger partial charge in [-0.05, 0) is 31.4 Å². The Morgan fingerprint density at radius 3 is 2.90 bits per heavy atom. The highest BCUT2D eigenvalue weighted by molar-refractivity contribution is 6.06. The molecule has 0 aliphatic carbocycles. The summed E-state index contributed by atoms with van der Waals surface area (Å²) in [6, 6.07) is 9.91. The molecule has 3 rings (SSSR count). The molecule has 1 saturated heterocycles. The summed E-state index contributed by atoms with van der Waals surface area (Å²) in [5, 5.41) is 0.927. The predicted molar refractivity (Wildman–Crippen MR) is 84.1 cm³/mol. The van der Waals surface area contributed by atoms with Gasteiger partial charge in [0.05, 0.1) is 11.1 Å². The number of nitrogens with zero attached hydrogens (tertiary/aromatic N) is 2. The Labute approximate surface area is 125 Å². The number of amides is 1. The highest BCUT2D eigenvalue weighted by Crippen LogP contribution is 2.23. The van der Waals surface area contributed by atoms with Crippen LogP contribution in [0.5, 0.6) is 0 Å². The maximum atomic E-state index is 12.9. The molecule has 4 nitrogen and oxygen atoms in total. The van der Waals surface area contributed by atoms with E-state index in [1.54, 1.807) is 0 Å². The van der Waals surface area contributed by atoms with Crippen LogP contribution >= 0.6 is 0 Å². The Morgan fingerprint density at radius 2 is 2.14 bits per heavy atom. The number of benzene rings is 1. The zero-order valence-electron chi connectivity index (χ0n) is 12.5. The van der Waals surface area contributed by atoms with Gasteiger partial charge in [-0.25, -0.2) is 0 Å². The lowest BCUT2D eigenvalue weighted by Crippen LogP contribution is -2.48. The minimum atomic E-state index is 0.0930. The lowest BCUT2D eigenvalue weighted by molar-refractivity contribution is 0.0666. The second kappa shape index (κ2) is 5.45. The number of carbonyl (C=O) groups excluding carboxylic acids is 1. The van der Waals surface area contributed by atoms with E-state index >= 15 is 0 Å². The fourth-order valence-corrected chi connectivity index (χ4v) is 3.00. The molecular weight excluding hydrogens is 262 g/mol. The van der Waals surface area contributed by atoms with Crippen LogP contribution < -0.4 is 5.73 Å². The Morgan fingerprint density at radius 1 is 1.38 bits per heavy atom. The van der Waals surface area contributed by atoms with Gasteiger partial charge in [0.25, 0.3) is 5.91 Å². The first-order chi connectivity index (χ1) is 10.1. The van der Waals surface area contributed by atoms with Crippen molar-refractivity contribution in [3.63, 3.8) is 0 Å². The third-order valence-electron chi connectivity index (χ3n) is 4.33. The summed E-state index contributed by atoms with van der Waals surface area (Å²) < 4.78 is 0. The number of aromatic nitrogens is 1. The van der Waals surface area contributed by atoms with E-state index in [2.05, 4.69) is 11.9 Å². The van der Waals surface area contributed by atoms with Crippen molar-refractivity contribution in [2.24, 2.45) is 11.7 Å². The Hall–Kier alpha value is -1.94. The van der Waals surface area contributed by atoms with Gasteiger partial charge in [-0.2, -0.15) is 0 Å². The van der Waals surface area contributed by atoms with E-state index in [4.69, 9.17) is 5.73 Å². The summed E-state index contributed by atoms with van der Waals surface area (Å²) in [4.78, 5) is 19.3. The number of pyridine rings is 1. The summed E-state index contributed by atoms with van der Waals surface area (Å²) >= 11 is 0. The summed E-state index contributed by atoms with van der Waals surface area (Å²) in [6.07, 6.45) is 0.870. The van der Waals surface area contributed by atoms with Crippen LogP contribution in [0.25, 0.3) is 10.9 Å². The number of fused-ring (bicyclic) bond motifs is 1. The van der Waals surface area contributed by atoms with Crippen LogP contribution in [0.2, 0.25) is 0 Å². The molecular formula is C17H21N3O. The predicted octanol–water partition coefficient (Wildman–Crippen LogP) is 2.35. The minimum absolute atomic E-state index is 0.0930. The molecule has 2 unspecified atom stereocenters. The first-order valence-corrected chi connectivity index (χ1v) is 7.47. The quantitative estimate of drug-likeness (QED) is 0.874. The largest absolute Gasteiger partial charge is 0.338 e. The summed E-state index contributed by atoms with van der Waals surface area (Å²) in [7, 11) is 0. The number of nitrogens with two attached hydrogens (primary N) is 1. The van der Waals surface area contributed by atoms with Gasteiger partial charge in [-0.15, -0.1) is 0 Å². The normalized spacial score (nSPS) is 22.5. The molecule has 0 saturated carbocycles. The summed E-state index contributed by atoms with van der Waals surface area (Å²) in [6.45, 7) is 5.51. The second-order valence-corrected chi connectivity index (χ2v) is 6.01. The molecule has 110 valence electrons. The number of likely N-dealkylation sites (tertiary alicyclic amines) is 1. The van der Waals surface area contributed by atoms with Crippen LogP contribution in [0.15, 0.2) is 30.3 Å². The molecule has 1 aliphatic heterocycles. The van der Waals surface area contributed by atoms with Crippen LogP contribution in [0, 0.1) is 12.8 Å². The van der Waals surface area contributed by atoms with Crippen molar-refractivity contribution in [1.82, 2.24) is 9.88 Å². The highest BCUT2D eigenvalue weighted by Gasteiger charge is 2.27.